The molecule has 0 saturated carbocycles. The molecule has 1 N–H and O–H groups in total. The standard InChI is InChI=1S/C29H36BrClN2O6/c1-4-6-7-8-16-38-28(37)21-22-26(35)33(14-10-15-34)25(29(22)17-19(30)24(21)39-29)27(36)32(13-5-2)23-18(3)11-9-12-20(23)31/h4-5,9,11-12,19,21-22,24-25,34H,1-2,6-8,10,13-17H2,3H3/t19?,21-,22+,24-,25?,29?/m1/s1. The van der Waals surface area contributed by atoms with Gasteiger partial charge in [-0.05, 0) is 50.7 Å². The van der Waals surface area contributed by atoms with Crippen LogP contribution >= 0.6 is 27.5 Å². The number of fused-ring (bicyclic) bond motifs is 1. The van der Waals surface area contributed by atoms with E-state index in [4.69, 9.17) is 21.1 Å². The van der Waals surface area contributed by atoms with Crippen LogP contribution < -0.4 is 4.90 Å². The number of halogens is 2. The number of esters is 1. The van der Waals surface area contributed by atoms with Gasteiger partial charge in [0.15, 0.2) is 0 Å². The minimum atomic E-state index is -1.22. The number of allylic oxidation sites excluding steroid dienone is 1. The lowest BCUT2D eigenvalue weighted by Gasteiger charge is -2.37. The van der Waals surface area contributed by atoms with E-state index in [1.54, 1.807) is 12.1 Å². The summed E-state index contributed by atoms with van der Waals surface area (Å²) in [7, 11) is 0. The number of nitrogens with zero attached hydrogens (tertiary/aromatic N) is 2. The van der Waals surface area contributed by atoms with Crippen molar-refractivity contribution in [2.24, 2.45) is 11.8 Å². The van der Waals surface area contributed by atoms with Crippen LogP contribution in [0.5, 0.6) is 0 Å². The molecule has 2 amide bonds. The summed E-state index contributed by atoms with van der Waals surface area (Å²) < 4.78 is 12.1. The zero-order valence-electron chi connectivity index (χ0n) is 22.2. The minimum Gasteiger partial charge on any atom is -0.465 e. The summed E-state index contributed by atoms with van der Waals surface area (Å²) in [5, 5.41) is 9.97. The Labute approximate surface area is 243 Å². The fourth-order valence-corrected chi connectivity index (χ4v) is 7.62. The molecular weight excluding hydrogens is 588 g/mol. The Morgan fingerprint density at radius 3 is 2.74 bits per heavy atom. The van der Waals surface area contributed by atoms with Crippen molar-refractivity contribution in [3.05, 3.63) is 54.1 Å². The van der Waals surface area contributed by atoms with Crippen molar-refractivity contribution in [1.82, 2.24) is 4.90 Å². The SMILES string of the molecule is C=CCCCCOC(=O)[C@H]1[C@@H]2OC3(CC2Br)C(C(=O)N(CC=C)c2c(C)cccc2Cl)N(CCCO)C(=O)[C@H]13. The molecule has 8 nitrogen and oxygen atoms in total. The molecule has 1 aromatic carbocycles. The maximum absolute atomic E-state index is 14.5. The van der Waals surface area contributed by atoms with Gasteiger partial charge in [0.2, 0.25) is 5.91 Å². The molecule has 2 bridgehead atoms. The van der Waals surface area contributed by atoms with E-state index in [-0.39, 0.29) is 49.4 Å². The number of rotatable bonds is 13. The van der Waals surface area contributed by atoms with Crippen LogP contribution in [0.15, 0.2) is 43.5 Å². The Morgan fingerprint density at radius 2 is 2.08 bits per heavy atom. The Kier molecular flexibility index (Phi) is 9.57. The van der Waals surface area contributed by atoms with Gasteiger partial charge in [0.1, 0.15) is 11.6 Å². The largest absolute Gasteiger partial charge is 0.465 e. The van der Waals surface area contributed by atoms with Gasteiger partial charge < -0.3 is 24.4 Å². The summed E-state index contributed by atoms with van der Waals surface area (Å²) in [4.78, 5) is 44.6. The molecule has 39 heavy (non-hydrogen) atoms. The van der Waals surface area contributed by atoms with Gasteiger partial charge in [-0.25, -0.2) is 0 Å². The van der Waals surface area contributed by atoms with Gasteiger partial charge in [0, 0.05) is 24.5 Å². The minimum absolute atomic E-state index is 0.150. The van der Waals surface area contributed by atoms with Crippen LogP contribution in [0.25, 0.3) is 0 Å². The van der Waals surface area contributed by atoms with E-state index in [1.807, 2.05) is 25.1 Å². The first-order valence-electron chi connectivity index (χ1n) is 13.4. The molecule has 3 saturated heterocycles. The van der Waals surface area contributed by atoms with E-state index in [0.29, 0.717) is 23.6 Å². The van der Waals surface area contributed by atoms with Crippen molar-refractivity contribution >= 4 is 51.0 Å². The van der Waals surface area contributed by atoms with E-state index in [1.165, 1.54) is 9.80 Å². The summed E-state index contributed by atoms with van der Waals surface area (Å²) in [6, 6.07) is 4.38. The number of ether oxygens (including phenoxy) is 2. The number of amides is 2. The Morgan fingerprint density at radius 1 is 1.31 bits per heavy atom. The zero-order valence-corrected chi connectivity index (χ0v) is 24.5. The molecule has 3 heterocycles. The Balaban J connectivity index is 1.71. The van der Waals surface area contributed by atoms with Gasteiger partial charge in [-0.1, -0.05) is 51.8 Å². The van der Waals surface area contributed by atoms with Gasteiger partial charge in [0.25, 0.3) is 5.91 Å². The number of aryl methyl sites for hydroxylation is 1. The lowest BCUT2D eigenvalue weighted by atomic mass is 9.70. The highest BCUT2D eigenvalue weighted by Crippen LogP contribution is 2.60. The molecule has 0 aliphatic carbocycles. The number of unbranched alkanes of at least 4 members (excludes halogenated alkanes) is 2. The number of hydrogen-bond acceptors (Lipinski definition) is 6. The highest BCUT2D eigenvalue weighted by molar-refractivity contribution is 9.09. The first-order valence-corrected chi connectivity index (χ1v) is 14.7. The molecule has 4 rings (SSSR count). The normalized spacial score (nSPS) is 28.9. The summed E-state index contributed by atoms with van der Waals surface area (Å²) in [5.74, 6) is -2.87. The predicted molar refractivity (Wildman–Crippen MR) is 153 cm³/mol. The van der Waals surface area contributed by atoms with Crippen LogP contribution in [0.2, 0.25) is 5.02 Å². The fourth-order valence-electron chi connectivity index (χ4n) is 6.35. The van der Waals surface area contributed by atoms with E-state index < -0.39 is 35.6 Å². The maximum atomic E-state index is 14.5. The molecule has 1 spiro atoms. The third-order valence-corrected chi connectivity index (χ3v) is 9.09. The molecule has 6 atom stereocenters. The van der Waals surface area contributed by atoms with Crippen LogP contribution in [0, 0.1) is 18.8 Å². The number of carbonyl (C=O) groups is 3. The number of para-hydroxylation sites is 1. The average molecular weight is 624 g/mol. The van der Waals surface area contributed by atoms with Crippen molar-refractivity contribution in [2.45, 2.75) is 61.6 Å². The van der Waals surface area contributed by atoms with Gasteiger partial charge in [-0.2, -0.15) is 0 Å². The lowest BCUT2D eigenvalue weighted by Crippen LogP contribution is -2.57. The van der Waals surface area contributed by atoms with Crippen molar-refractivity contribution in [3.8, 4) is 0 Å². The van der Waals surface area contributed by atoms with Crippen LogP contribution in [0.4, 0.5) is 5.69 Å². The second-order valence-electron chi connectivity index (χ2n) is 10.4. The van der Waals surface area contributed by atoms with Gasteiger partial charge >= 0.3 is 5.97 Å². The number of anilines is 1. The van der Waals surface area contributed by atoms with E-state index in [0.717, 1.165) is 18.4 Å². The van der Waals surface area contributed by atoms with Gasteiger partial charge in [-0.3, -0.25) is 14.4 Å². The second kappa shape index (κ2) is 12.5. The van der Waals surface area contributed by atoms with Crippen molar-refractivity contribution < 1.29 is 29.0 Å². The lowest BCUT2D eigenvalue weighted by molar-refractivity contribution is -0.155. The van der Waals surface area contributed by atoms with Crippen molar-refractivity contribution in [1.29, 1.82) is 0 Å². The monoisotopic (exact) mass is 622 g/mol. The number of hydrogen-bond donors (Lipinski definition) is 1. The first-order chi connectivity index (χ1) is 18.7. The molecular formula is C29H36BrClN2O6. The molecule has 0 aromatic heterocycles. The van der Waals surface area contributed by atoms with E-state index >= 15 is 0 Å². The molecule has 3 fully saturated rings. The number of aliphatic hydroxyl groups is 1. The van der Waals surface area contributed by atoms with Crippen LogP contribution in [-0.2, 0) is 23.9 Å². The molecule has 0 radical (unpaired) electrons. The number of aliphatic hydroxyl groups excluding tert-OH is 1. The highest BCUT2D eigenvalue weighted by Gasteiger charge is 2.77. The molecule has 3 unspecified atom stereocenters. The van der Waals surface area contributed by atoms with Crippen LogP contribution in [0.1, 0.15) is 37.7 Å². The predicted octanol–water partition coefficient (Wildman–Crippen LogP) is 4.20. The second-order valence-corrected chi connectivity index (χ2v) is 12.0. The van der Waals surface area contributed by atoms with Gasteiger partial charge in [-0.15, -0.1) is 13.2 Å². The number of benzene rings is 1. The summed E-state index contributed by atoms with van der Waals surface area (Å²) in [5.41, 5.74) is 0.117. The van der Waals surface area contributed by atoms with Crippen LogP contribution in [0.3, 0.4) is 0 Å². The molecule has 3 aliphatic heterocycles. The summed E-state index contributed by atoms with van der Waals surface area (Å²) in [6.45, 7) is 9.81. The smallest absolute Gasteiger partial charge is 0.312 e. The fraction of sp³-hybridized carbons (Fsp3) is 0.552. The Bertz CT molecular complexity index is 1110. The Hall–Kier alpha value is -2.20. The van der Waals surface area contributed by atoms with E-state index in [9.17, 15) is 19.5 Å². The zero-order chi connectivity index (χ0) is 28.3. The first kappa shape index (κ1) is 29.8. The van der Waals surface area contributed by atoms with Crippen LogP contribution in [-0.4, -0.2) is 76.7 Å². The van der Waals surface area contributed by atoms with E-state index in [2.05, 4.69) is 29.1 Å². The quantitative estimate of drug-likeness (QED) is 0.153. The molecule has 3 aliphatic rings. The van der Waals surface area contributed by atoms with Crippen molar-refractivity contribution in [2.75, 3.05) is 31.2 Å². The molecule has 212 valence electrons. The summed E-state index contributed by atoms with van der Waals surface area (Å²) >= 11 is 10.2. The summed E-state index contributed by atoms with van der Waals surface area (Å²) in [6.07, 6.45) is 5.87. The topological polar surface area (TPSA) is 96.4 Å². The highest BCUT2D eigenvalue weighted by atomic mass is 79.9. The molecule has 10 heteroatoms. The number of alkyl halides is 1. The van der Waals surface area contributed by atoms with Crippen molar-refractivity contribution in [3.63, 3.8) is 0 Å². The third kappa shape index (κ3) is 5.31. The average Bonchev–Trinajstić information content (AvgIpc) is 3.49. The van der Waals surface area contributed by atoms with Gasteiger partial charge in [0.05, 0.1) is 35.3 Å². The third-order valence-electron chi connectivity index (χ3n) is 7.94. The number of carbonyl (C=O) groups excluding carboxylic acids is 3. The maximum Gasteiger partial charge on any atom is 0.312 e. The molecule has 1 aromatic rings. The number of likely N-dealkylation sites (tertiary alicyclic amines) is 1.